The fraction of sp³-hybridized carbons (Fsp3) is 0.200. The van der Waals surface area contributed by atoms with Crippen molar-refractivity contribution < 1.29 is 18.0 Å². The van der Waals surface area contributed by atoms with Gasteiger partial charge in [0.25, 0.3) is 0 Å². The Balaban J connectivity index is 3.12. The summed E-state index contributed by atoms with van der Waals surface area (Å²) in [6.07, 6.45) is -4.56. The molecule has 1 rings (SSSR count). The summed E-state index contributed by atoms with van der Waals surface area (Å²) in [7, 11) is 0. The second-order valence-corrected chi connectivity index (χ2v) is 4.56. The maximum atomic E-state index is 12.5. The number of hydrogen-bond acceptors (Lipinski definition) is 3. The maximum Gasteiger partial charge on any atom is 0.416 e. The molecule has 0 amide bonds. The summed E-state index contributed by atoms with van der Waals surface area (Å²) in [5.41, 5.74) is 1.18. The third-order valence-corrected chi connectivity index (χ3v) is 2.87. The summed E-state index contributed by atoms with van der Waals surface area (Å²) in [6, 6.07) is 1.37. The number of hydrazone groups is 1. The monoisotopic (exact) mass is 332 g/mol. The predicted octanol–water partition coefficient (Wildman–Crippen LogP) is 4.57. The van der Waals surface area contributed by atoms with Gasteiger partial charge in [-0.1, -0.05) is 34.8 Å². The van der Waals surface area contributed by atoms with Crippen molar-refractivity contribution in [1.82, 2.24) is 0 Å². The minimum Gasteiger partial charge on any atom is -0.292 e. The summed E-state index contributed by atoms with van der Waals surface area (Å²) in [5, 5.41) is 2.47. The topological polar surface area (TPSA) is 41.5 Å². The third kappa shape index (κ3) is 4.26. The molecule has 0 fully saturated rings. The number of carbonyl (C=O) groups excluding carboxylic acids is 1. The molecule has 0 saturated heterocycles. The molecule has 1 N–H and O–H groups in total. The lowest BCUT2D eigenvalue weighted by molar-refractivity contribution is -0.137. The molecular weight excluding hydrogens is 327 g/mol. The summed E-state index contributed by atoms with van der Waals surface area (Å²) < 4.78 is 37.4. The maximum absolute atomic E-state index is 12.5. The van der Waals surface area contributed by atoms with E-state index in [2.05, 4.69) is 10.5 Å². The number of hydrogen-bond donors (Lipinski definition) is 1. The first kappa shape index (κ1) is 16.1. The van der Waals surface area contributed by atoms with Crippen molar-refractivity contribution >= 4 is 51.4 Å². The SMILES string of the molecule is CC(=O)/C(Cl)=N/Nc1c(Cl)cc(C(F)(F)F)cc1Cl. The smallest absolute Gasteiger partial charge is 0.292 e. The Labute approximate surface area is 121 Å². The Kier molecular flexibility index (Phi) is 5.06. The molecule has 0 radical (unpaired) electrons. The van der Waals surface area contributed by atoms with Crippen LogP contribution in [-0.2, 0) is 11.0 Å². The van der Waals surface area contributed by atoms with Crippen molar-refractivity contribution in [3.8, 4) is 0 Å². The van der Waals surface area contributed by atoms with Crippen LogP contribution in [0.1, 0.15) is 12.5 Å². The number of alkyl halides is 3. The molecule has 0 aliphatic carbocycles. The van der Waals surface area contributed by atoms with E-state index in [4.69, 9.17) is 34.8 Å². The molecule has 0 saturated carbocycles. The van der Waals surface area contributed by atoms with Crippen LogP contribution >= 0.6 is 34.8 Å². The number of Topliss-reactive ketones (excluding diaryl/α,β-unsaturated/α-hetero) is 1. The zero-order valence-electron chi connectivity index (χ0n) is 9.28. The first-order valence-electron chi connectivity index (χ1n) is 4.69. The van der Waals surface area contributed by atoms with Crippen LogP contribution in [-0.4, -0.2) is 11.0 Å². The van der Waals surface area contributed by atoms with Gasteiger partial charge in [-0.2, -0.15) is 18.3 Å². The van der Waals surface area contributed by atoms with Crippen LogP contribution in [0.4, 0.5) is 18.9 Å². The standard InChI is InChI=1S/C10H6Cl3F3N2O/c1-4(19)9(13)18-17-8-6(11)2-5(3-7(8)12)10(14,15)16/h2-3,17H,1H3/b18-9-. The highest BCUT2D eigenvalue weighted by molar-refractivity contribution is 6.82. The quantitative estimate of drug-likeness (QED) is 0.650. The van der Waals surface area contributed by atoms with Crippen LogP contribution < -0.4 is 5.43 Å². The Morgan fingerprint density at radius 1 is 1.26 bits per heavy atom. The fourth-order valence-electron chi connectivity index (χ4n) is 1.03. The Bertz CT molecular complexity index is 520. The molecule has 0 bridgehead atoms. The number of carbonyl (C=O) groups is 1. The lowest BCUT2D eigenvalue weighted by Crippen LogP contribution is -2.07. The van der Waals surface area contributed by atoms with E-state index in [0.29, 0.717) is 12.1 Å². The van der Waals surface area contributed by atoms with Gasteiger partial charge in [0.05, 0.1) is 21.3 Å². The average molecular weight is 334 g/mol. The van der Waals surface area contributed by atoms with Crippen LogP contribution in [0.25, 0.3) is 0 Å². The Hall–Kier alpha value is -0.980. The van der Waals surface area contributed by atoms with Gasteiger partial charge < -0.3 is 0 Å². The second kappa shape index (κ2) is 5.98. The lowest BCUT2D eigenvalue weighted by Gasteiger charge is -2.11. The van der Waals surface area contributed by atoms with Crippen LogP contribution in [0, 0.1) is 0 Å². The predicted molar refractivity (Wildman–Crippen MR) is 69.1 cm³/mol. The first-order valence-corrected chi connectivity index (χ1v) is 5.82. The minimum absolute atomic E-state index is 0.0734. The van der Waals surface area contributed by atoms with Crippen LogP contribution in [0.5, 0.6) is 0 Å². The molecule has 1 aromatic carbocycles. The van der Waals surface area contributed by atoms with Crippen LogP contribution in [0.2, 0.25) is 10.0 Å². The molecule has 9 heteroatoms. The minimum atomic E-state index is -4.56. The van der Waals surface area contributed by atoms with Crippen molar-refractivity contribution in [3.63, 3.8) is 0 Å². The molecule has 0 aliphatic heterocycles. The number of benzene rings is 1. The highest BCUT2D eigenvalue weighted by Gasteiger charge is 2.32. The van der Waals surface area contributed by atoms with Crippen molar-refractivity contribution in [2.45, 2.75) is 13.1 Å². The van der Waals surface area contributed by atoms with Crippen molar-refractivity contribution in [3.05, 3.63) is 27.7 Å². The summed E-state index contributed by atoms with van der Waals surface area (Å²) in [6.45, 7) is 1.17. The highest BCUT2D eigenvalue weighted by atomic mass is 35.5. The van der Waals surface area contributed by atoms with Crippen molar-refractivity contribution in [2.24, 2.45) is 5.10 Å². The van der Waals surface area contributed by atoms with Gasteiger partial charge in [0, 0.05) is 6.92 Å². The molecule has 0 spiro atoms. The van der Waals surface area contributed by atoms with Gasteiger partial charge in [-0.3, -0.25) is 10.2 Å². The zero-order valence-corrected chi connectivity index (χ0v) is 11.5. The average Bonchev–Trinajstić information content (AvgIpc) is 2.25. The largest absolute Gasteiger partial charge is 0.416 e. The van der Waals surface area contributed by atoms with Crippen molar-refractivity contribution in [2.75, 3.05) is 5.43 Å². The zero-order chi connectivity index (χ0) is 14.8. The normalized spacial score (nSPS) is 12.5. The molecule has 104 valence electrons. The fourth-order valence-corrected chi connectivity index (χ4v) is 1.64. The van der Waals surface area contributed by atoms with Crippen molar-refractivity contribution in [1.29, 1.82) is 0 Å². The molecular formula is C10H6Cl3F3N2O. The number of nitrogens with one attached hydrogen (secondary N) is 1. The van der Waals surface area contributed by atoms with Gasteiger partial charge in [0.15, 0.2) is 11.0 Å². The van der Waals surface area contributed by atoms with E-state index in [9.17, 15) is 18.0 Å². The van der Waals surface area contributed by atoms with E-state index >= 15 is 0 Å². The number of nitrogens with zero attached hydrogens (tertiary/aromatic N) is 1. The molecule has 0 aromatic heterocycles. The van der Waals surface area contributed by atoms with E-state index in [1.54, 1.807) is 0 Å². The number of halogens is 6. The second-order valence-electron chi connectivity index (χ2n) is 3.38. The molecule has 19 heavy (non-hydrogen) atoms. The van der Waals surface area contributed by atoms with E-state index < -0.39 is 17.5 Å². The Morgan fingerprint density at radius 2 is 1.74 bits per heavy atom. The number of anilines is 1. The summed E-state index contributed by atoms with van der Waals surface area (Å²) >= 11 is 16.8. The van der Waals surface area contributed by atoms with E-state index in [1.807, 2.05) is 0 Å². The molecule has 1 aromatic rings. The van der Waals surface area contributed by atoms with Gasteiger partial charge in [-0.15, -0.1) is 0 Å². The van der Waals surface area contributed by atoms with Crippen LogP contribution in [0.3, 0.4) is 0 Å². The Morgan fingerprint density at radius 3 is 2.11 bits per heavy atom. The van der Waals surface area contributed by atoms with Gasteiger partial charge >= 0.3 is 6.18 Å². The highest BCUT2D eigenvalue weighted by Crippen LogP contribution is 2.38. The van der Waals surface area contributed by atoms with E-state index in [1.165, 1.54) is 6.92 Å². The van der Waals surface area contributed by atoms with Crippen LogP contribution in [0.15, 0.2) is 17.2 Å². The molecule has 0 heterocycles. The number of rotatable bonds is 3. The summed E-state index contributed by atoms with van der Waals surface area (Å²) in [4.78, 5) is 10.8. The first-order chi connectivity index (χ1) is 8.62. The third-order valence-electron chi connectivity index (χ3n) is 1.93. The molecule has 0 atom stereocenters. The van der Waals surface area contributed by atoms with E-state index in [-0.39, 0.29) is 20.9 Å². The van der Waals surface area contributed by atoms with Gasteiger partial charge in [0.1, 0.15) is 0 Å². The van der Waals surface area contributed by atoms with Gasteiger partial charge in [-0.05, 0) is 12.1 Å². The lowest BCUT2D eigenvalue weighted by atomic mass is 10.2. The number of ketones is 1. The van der Waals surface area contributed by atoms with E-state index in [0.717, 1.165) is 0 Å². The van der Waals surface area contributed by atoms with Gasteiger partial charge in [0.2, 0.25) is 0 Å². The van der Waals surface area contributed by atoms with Gasteiger partial charge in [-0.25, -0.2) is 0 Å². The summed E-state index contributed by atoms with van der Waals surface area (Å²) in [5.74, 6) is -0.520. The molecule has 3 nitrogen and oxygen atoms in total. The molecule has 0 unspecified atom stereocenters. The molecule has 0 aliphatic rings.